The summed E-state index contributed by atoms with van der Waals surface area (Å²) in [6.45, 7) is 3.38. The lowest BCUT2D eigenvalue weighted by Gasteiger charge is -2.12. The SMILES string of the molecule is CC(=O)c1ccc(C#CN(C)S(=O)(=O)c2ccc(C)cc2)cc1. The molecule has 23 heavy (non-hydrogen) atoms. The van der Waals surface area contributed by atoms with Gasteiger partial charge in [-0.3, -0.25) is 4.79 Å². The van der Waals surface area contributed by atoms with E-state index >= 15 is 0 Å². The number of Topliss-reactive ketones (excluding diaryl/α,β-unsaturated/α-hetero) is 1. The molecule has 2 rings (SSSR count). The topological polar surface area (TPSA) is 54.5 Å². The molecule has 0 amide bonds. The van der Waals surface area contributed by atoms with E-state index in [1.807, 2.05) is 6.92 Å². The van der Waals surface area contributed by atoms with Crippen LogP contribution in [0.25, 0.3) is 0 Å². The Bertz CT molecular complexity index is 871. The van der Waals surface area contributed by atoms with E-state index in [0.717, 1.165) is 9.87 Å². The Labute approximate surface area is 136 Å². The molecule has 2 aromatic rings. The standard InChI is InChI=1S/C18H17NO3S/c1-14-4-10-18(11-5-14)23(21,22)19(3)13-12-16-6-8-17(9-7-16)15(2)20/h4-11H,1-3H3. The summed E-state index contributed by atoms with van der Waals surface area (Å²) in [7, 11) is -2.23. The summed E-state index contributed by atoms with van der Waals surface area (Å²) in [5.41, 5.74) is 2.22. The van der Waals surface area contributed by atoms with Crippen LogP contribution in [0.2, 0.25) is 0 Å². The second-order valence-corrected chi connectivity index (χ2v) is 7.13. The first-order chi connectivity index (χ1) is 10.8. The fourth-order valence-corrected chi connectivity index (χ4v) is 2.82. The number of benzene rings is 2. The molecule has 0 fully saturated rings. The van der Waals surface area contributed by atoms with Crippen molar-refractivity contribution in [3.63, 3.8) is 0 Å². The van der Waals surface area contributed by atoms with Crippen LogP contribution in [0, 0.1) is 18.9 Å². The van der Waals surface area contributed by atoms with Crippen LogP contribution in [0.3, 0.4) is 0 Å². The number of rotatable bonds is 3. The third-order valence-corrected chi connectivity index (χ3v) is 5.01. The van der Waals surface area contributed by atoms with Crippen LogP contribution in [-0.2, 0) is 10.0 Å². The Hall–Kier alpha value is -2.58. The van der Waals surface area contributed by atoms with E-state index in [1.54, 1.807) is 48.5 Å². The summed E-state index contributed by atoms with van der Waals surface area (Å²) in [5, 5.41) is 0. The summed E-state index contributed by atoms with van der Waals surface area (Å²) in [6, 6.07) is 15.9. The lowest BCUT2D eigenvalue weighted by atomic mass is 10.1. The van der Waals surface area contributed by atoms with Crippen molar-refractivity contribution in [2.75, 3.05) is 7.05 Å². The highest BCUT2D eigenvalue weighted by molar-refractivity contribution is 7.89. The molecular weight excluding hydrogens is 310 g/mol. The molecule has 118 valence electrons. The number of sulfonamides is 1. The van der Waals surface area contributed by atoms with Crippen LogP contribution < -0.4 is 0 Å². The van der Waals surface area contributed by atoms with Crippen molar-refractivity contribution < 1.29 is 13.2 Å². The van der Waals surface area contributed by atoms with Gasteiger partial charge in [-0.05, 0) is 44.0 Å². The van der Waals surface area contributed by atoms with Gasteiger partial charge in [0.1, 0.15) is 0 Å². The van der Waals surface area contributed by atoms with Crippen molar-refractivity contribution >= 4 is 15.8 Å². The van der Waals surface area contributed by atoms with Crippen molar-refractivity contribution in [2.24, 2.45) is 0 Å². The maximum Gasteiger partial charge on any atom is 0.270 e. The number of ketones is 1. The molecule has 0 saturated heterocycles. The number of carbonyl (C=O) groups excluding carboxylic acids is 1. The van der Waals surface area contributed by atoms with Crippen molar-refractivity contribution in [1.29, 1.82) is 0 Å². The van der Waals surface area contributed by atoms with Crippen LogP contribution in [0.4, 0.5) is 0 Å². The number of hydrogen-bond acceptors (Lipinski definition) is 3. The van der Waals surface area contributed by atoms with E-state index in [2.05, 4.69) is 12.0 Å². The first-order valence-corrected chi connectivity index (χ1v) is 8.43. The zero-order chi connectivity index (χ0) is 17.0. The first-order valence-electron chi connectivity index (χ1n) is 6.99. The van der Waals surface area contributed by atoms with Crippen molar-refractivity contribution in [2.45, 2.75) is 18.7 Å². The van der Waals surface area contributed by atoms with Gasteiger partial charge in [0, 0.05) is 24.2 Å². The van der Waals surface area contributed by atoms with Gasteiger partial charge in [0.15, 0.2) is 5.78 Å². The monoisotopic (exact) mass is 327 g/mol. The van der Waals surface area contributed by atoms with Crippen molar-refractivity contribution in [3.8, 4) is 12.0 Å². The Morgan fingerprint density at radius 2 is 1.57 bits per heavy atom. The minimum atomic E-state index is -3.64. The number of aryl methyl sites for hydroxylation is 1. The number of hydrogen-bond donors (Lipinski definition) is 0. The molecule has 0 bridgehead atoms. The van der Waals surface area contributed by atoms with E-state index < -0.39 is 10.0 Å². The number of carbonyl (C=O) groups is 1. The van der Waals surface area contributed by atoms with Crippen molar-refractivity contribution in [1.82, 2.24) is 4.31 Å². The molecule has 0 atom stereocenters. The average Bonchev–Trinajstić information content (AvgIpc) is 2.53. The molecule has 0 aliphatic rings. The molecule has 2 aromatic carbocycles. The highest BCUT2D eigenvalue weighted by Gasteiger charge is 2.17. The number of nitrogens with zero attached hydrogens (tertiary/aromatic N) is 1. The van der Waals surface area contributed by atoms with E-state index in [9.17, 15) is 13.2 Å². The van der Waals surface area contributed by atoms with Crippen LogP contribution in [0.1, 0.15) is 28.4 Å². The highest BCUT2D eigenvalue weighted by Crippen LogP contribution is 2.14. The predicted molar refractivity (Wildman–Crippen MR) is 89.5 cm³/mol. The molecule has 0 aliphatic heterocycles. The van der Waals surface area contributed by atoms with Crippen LogP contribution in [0.5, 0.6) is 0 Å². The third-order valence-electron chi connectivity index (χ3n) is 3.33. The van der Waals surface area contributed by atoms with Gasteiger partial charge < -0.3 is 0 Å². The van der Waals surface area contributed by atoms with Crippen LogP contribution >= 0.6 is 0 Å². The fraction of sp³-hybridized carbons (Fsp3) is 0.167. The van der Waals surface area contributed by atoms with E-state index in [1.165, 1.54) is 14.0 Å². The van der Waals surface area contributed by atoms with Gasteiger partial charge >= 0.3 is 0 Å². The average molecular weight is 327 g/mol. The predicted octanol–water partition coefficient (Wildman–Crippen LogP) is 2.83. The molecule has 0 spiro atoms. The molecule has 0 aliphatic carbocycles. The molecule has 0 N–H and O–H groups in total. The van der Waals surface area contributed by atoms with Gasteiger partial charge in [-0.1, -0.05) is 29.8 Å². The summed E-state index contributed by atoms with van der Waals surface area (Å²) in [5.74, 6) is 2.76. The molecule has 5 heteroatoms. The molecule has 0 saturated carbocycles. The van der Waals surface area contributed by atoms with E-state index in [0.29, 0.717) is 11.1 Å². The summed E-state index contributed by atoms with van der Waals surface area (Å²) in [4.78, 5) is 11.4. The zero-order valence-corrected chi connectivity index (χ0v) is 14.0. The normalized spacial score (nSPS) is 10.6. The van der Waals surface area contributed by atoms with Crippen LogP contribution in [0.15, 0.2) is 53.4 Å². The smallest absolute Gasteiger partial charge is 0.270 e. The van der Waals surface area contributed by atoms with Gasteiger partial charge in [0.05, 0.1) is 4.90 Å². The quantitative estimate of drug-likeness (QED) is 0.495. The molecule has 4 nitrogen and oxygen atoms in total. The summed E-state index contributed by atoms with van der Waals surface area (Å²) in [6.07, 6.45) is 0. The molecule has 0 heterocycles. The maximum absolute atomic E-state index is 12.4. The highest BCUT2D eigenvalue weighted by atomic mass is 32.2. The van der Waals surface area contributed by atoms with E-state index in [-0.39, 0.29) is 10.7 Å². The Kier molecular flexibility index (Phi) is 4.87. The Morgan fingerprint density at radius 1 is 1.00 bits per heavy atom. The Balaban J connectivity index is 2.23. The van der Waals surface area contributed by atoms with E-state index in [4.69, 9.17) is 0 Å². The molecular formula is C18H17NO3S. The maximum atomic E-state index is 12.4. The van der Waals surface area contributed by atoms with Gasteiger partial charge in [-0.2, -0.15) is 0 Å². The van der Waals surface area contributed by atoms with Gasteiger partial charge in [0.2, 0.25) is 0 Å². The lowest BCUT2D eigenvalue weighted by molar-refractivity contribution is 0.101. The first kappa shape index (κ1) is 16.8. The van der Waals surface area contributed by atoms with Gasteiger partial charge in [-0.25, -0.2) is 12.7 Å². The minimum absolute atomic E-state index is 0.0245. The zero-order valence-electron chi connectivity index (χ0n) is 13.2. The van der Waals surface area contributed by atoms with Crippen LogP contribution in [-0.4, -0.2) is 25.6 Å². The van der Waals surface area contributed by atoms with Gasteiger partial charge in [0.25, 0.3) is 10.0 Å². The third kappa shape index (κ3) is 3.99. The fourth-order valence-electron chi connectivity index (χ4n) is 1.86. The summed E-state index contributed by atoms with van der Waals surface area (Å²) < 4.78 is 25.8. The Morgan fingerprint density at radius 3 is 2.09 bits per heavy atom. The molecule has 0 unspecified atom stereocenters. The van der Waals surface area contributed by atoms with Gasteiger partial charge in [-0.15, -0.1) is 0 Å². The molecule has 0 aromatic heterocycles. The van der Waals surface area contributed by atoms with Crippen molar-refractivity contribution in [3.05, 3.63) is 65.2 Å². The second kappa shape index (κ2) is 6.67. The second-order valence-electron chi connectivity index (χ2n) is 5.16. The largest absolute Gasteiger partial charge is 0.295 e. The summed E-state index contributed by atoms with van der Waals surface area (Å²) >= 11 is 0. The lowest BCUT2D eigenvalue weighted by Crippen LogP contribution is -2.22. The molecule has 0 radical (unpaired) electrons. The minimum Gasteiger partial charge on any atom is -0.295 e.